The van der Waals surface area contributed by atoms with Gasteiger partial charge in [-0.2, -0.15) is 0 Å². The summed E-state index contributed by atoms with van der Waals surface area (Å²) in [4.78, 5) is 29.1. The van der Waals surface area contributed by atoms with Crippen molar-refractivity contribution in [2.24, 2.45) is 5.92 Å². The van der Waals surface area contributed by atoms with E-state index in [2.05, 4.69) is 19.9 Å². The number of likely N-dealkylation sites (tertiary alicyclic amines) is 1. The van der Waals surface area contributed by atoms with E-state index >= 15 is 0 Å². The van der Waals surface area contributed by atoms with Crippen LogP contribution in [0.15, 0.2) is 18.2 Å². The van der Waals surface area contributed by atoms with E-state index in [1.165, 1.54) is 12.0 Å². The van der Waals surface area contributed by atoms with Gasteiger partial charge in [0, 0.05) is 31.2 Å². The average molecular weight is 314 g/mol. The van der Waals surface area contributed by atoms with Crippen LogP contribution in [0.25, 0.3) is 0 Å². The maximum Gasteiger partial charge on any atom is 0.228 e. The van der Waals surface area contributed by atoms with E-state index in [9.17, 15) is 9.59 Å². The maximum absolute atomic E-state index is 12.8. The van der Waals surface area contributed by atoms with Crippen LogP contribution >= 0.6 is 0 Å². The molecule has 0 spiro atoms. The highest BCUT2D eigenvalue weighted by molar-refractivity contribution is 6.01. The van der Waals surface area contributed by atoms with E-state index in [-0.39, 0.29) is 17.7 Å². The lowest BCUT2D eigenvalue weighted by molar-refractivity contribution is -0.139. The first-order chi connectivity index (χ1) is 11.0. The van der Waals surface area contributed by atoms with Gasteiger partial charge in [-0.05, 0) is 57.2 Å². The van der Waals surface area contributed by atoms with E-state index in [4.69, 9.17) is 0 Å². The van der Waals surface area contributed by atoms with Crippen LogP contribution in [0.4, 0.5) is 5.69 Å². The monoisotopic (exact) mass is 314 g/mol. The first-order valence-corrected chi connectivity index (χ1v) is 8.66. The van der Waals surface area contributed by atoms with Gasteiger partial charge in [-0.3, -0.25) is 9.59 Å². The van der Waals surface area contributed by atoms with Crippen molar-refractivity contribution in [3.8, 4) is 0 Å². The van der Waals surface area contributed by atoms with Crippen LogP contribution in [-0.2, 0) is 9.59 Å². The van der Waals surface area contributed by atoms with Crippen LogP contribution in [0, 0.1) is 19.8 Å². The fourth-order valence-corrected chi connectivity index (χ4v) is 3.79. The van der Waals surface area contributed by atoms with Crippen LogP contribution in [0.1, 0.15) is 43.7 Å². The second-order valence-electron chi connectivity index (χ2n) is 7.00. The van der Waals surface area contributed by atoms with Gasteiger partial charge >= 0.3 is 0 Å². The van der Waals surface area contributed by atoms with Crippen molar-refractivity contribution in [2.75, 3.05) is 18.0 Å². The van der Waals surface area contributed by atoms with Gasteiger partial charge < -0.3 is 9.80 Å². The Morgan fingerprint density at radius 1 is 1.22 bits per heavy atom. The smallest absolute Gasteiger partial charge is 0.228 e. The number of piperidine rings is 1. The number of rotatable bonds is 2. The highest BCUT2D eigenvalue weighted by atomic mass is 16.2. The summed E-state index contributed by atoms with van der Waals surface area (Å²) in [7, 11) is 0. The predicted octanol–water partition coefficient (Wildman–Crippen LogP) is 3.06. The summed E-state index contributed by atoms with van der Waals surface area (Å²) in [5, 5.41) is 0. The van der Waals surface area contributed by atoms with Crippen LogP contribution in [-0.4, -0.2) is 35.8 Å². The average Bonchev–Trinajstić information content (AvgIpc) is 2.92. The van der Waals surface area contributed by atoms with Crippen LogP contribution in [0.3, 0.4) is 0 Å². The molecule has 1 aromatic carbocycles. The fourth-order valence-electron chi connectivity index (χ4n) is 3.79. The molecule has 2 saturated heterocycles. The van der Waals surface area contributed by atoms with Gasteiger partial charge in [-0.25, -0.2) is 0 Å². The third kappa shape index (κ3) is 2.99. The number of hydrogen-bond acceptors (Lipinski definition) is 2. The molecule has 0 aromatic heterocycles. The number of carbonyl (C=O) groups is 2. The van der Waals surface area contributed by atoms with E-state index in [1.807, 2.05) is 24.0 Å². The molecule has 1 aromatic rings. The number of anilines is 1. The fraction of sp³-hybridized carbons (Fsp3) is 0.579. The summed E-state index contributed by atoms with van der Waals surface area (Å²) in [5.74, 6) is 0.0445. The zero-order valence-electron chi connectivity index (χ0n) is 14.3. The lowest BCUT2D eigenvalue weighted by Gasteiger charge is -2.35. The molecule has 2 unspecified atom stereocenters. The SMILES string of the molecule is Cc1cccc(N2CC(C(=O)N3CCCCC3C)CC2=O)c1C. The number of nitrogens with zero attached hydrogens (tertiary/aromatic N) is 2. The van der Waals surface area contributed by atoms with Crippen molar-refractivity contribution >= 4 is 17.5 Å². The predicted molar refractivity (Wildman–Crippen MR) is 91.4 cm³/mol. The first-order valence-electron chi connectivity index (χ1n) is 8.66. The molecular weight excluding hydrogens is 288 g/mol. The van der Waals surface area contributed by atoms with Crippen molar-refractivity contribution in [3.05, 3.63) is 29.3 Å². The Bertz CT molecular complexity index is 626. The number of aryl methyl sites for hydroxylation is 1. The summed E-state index contributed by atoms with van der Waals surface area (Å²) in [6.07, 6.45) is 3.70. The highest BCUT2D eigenvalue weighted by Gasteiger charge is 2.39. The molecule has 2 heterocycles. The van der Waals surface area contributed by atoms with Gasteiger partial charge in [-0.1, -0.05) is 12.1 Å². The first kappa shape index (κ1) is 16.0. The Morgan fingerprint density at radius 3 is 2.74 bits per heavy atom. The molecule has 0 saturated carbocycles. The summed E-state index contributed by atoms with van der Waals surface area (Å²) < 4.78 is 0. The summed E-state index contributed by atoms with van der Waals surface area (Å²) >= 11 is 0. The topological polar surface area (TPSA) is 40.6 Å². The molecule has 124 valence electrons. The van der Waals surface area contributed by atoms with Crippen LogP contribution in [0.2, 0.25) is 0 Å². The van der Waals surface area contributed by atoms with Gasteiger partial charge in [0.15, 0.2) is 0 Å². The Kier molecular flexibility index (Phi) is 4.42. The van der Waals surface area contributed by atoms with Crippen molar-refractivity contribution in [2.45, 2.75) is 52.5 Å². The molecule has 2 aliphatic rings. The Hall–Kier alpha value is -1.84. The zero-order valence-corrected chi connectivity index (χ0v) is 14.3. The highest BCUT2D eigenvalue weighted by Crippen LogP contribution is 2.31. The summed E-state index contributed by atoms with van der Waals surface area (Å²) in [5.41, 5.74) is 3.26. The molecule has 3 rings (SSSR count). The number of hydrogen-bond donors (Lipinski definition) is 0. The van der Waals surface area contributed by atoms with Crippen molar-refractivity contribution < 1.29 is 9.59 Å². The van der Waals surface area contributed by atoms with Gasteiger partial charge in [-0.15, -0.1) is 0 Å². The number of benzene rings is 1. The molecule has 2 amide bonds. The van der Waals surface area contributed by atoms with Crippen molar-refractivity contribution in [1.82, 2.24) is 4.90 Å². The molecule has 0 bridgehead atoms. The number of carbonyl (C=O) groups excluding carboxylic acids is 2. The van der Waals surface area contributed by atoms with Crippen molar-refractivity contribution in [1.29, 1.82) is 0 Å². The quantitative estimate of drug-likeness (QED) is 0.842. The molecule has 23 heavy (non-hydrogen) atoms. The summed E-state index contributed by atoms with van der Waals surface area (Å²) in [6, 6.07) is 6.32. The molecule has 2 atom stereocenters. The second-order valence-corrected chi connectivity index (χ2v) is 7.00. The van der Waals surface area contributed by atoms with Crippen LogP contribution in [0.5, 0.6) is 0 Å². The van der Waals surface area contributed by atoms with Crippen LogP contribution < -0.4 is 4.90 Å². The lowest BCUT2D eigenvalue weighted by atomic mass is 9.99. The molecule has 4 heteroatoms. The van der Waals surface area contributed by atoms with Gasteiger partial charge in [0.2, 0.25) is 11.8 Å². The molecule has 4 nitrogen and oxygen atoms in total. The van der Waals surface area contributed by atoms with Gasteiger partial charge in [0.05, 0.1) is 5.92 Å². The lowest BCUT2D eigenvalue weighted by Crippen LogP contribution is -2.45. The molecular formula is C19H26N2O2. The summed E-state index contributed by atoms with van der Waals surface area (Å²) in [6.45, 7) is 7.58. The van der Waals surface area contributed by atoms with E-state index in [1.54, 1.807) is 4.90 Å². The van der Waals surface area contributed by atoms with E-state index in [0.29, 0.717) is 19.0 Å². The number of amides is 2. The second kappa shape index (κ2) is 6.34. The Labute approximate surface area is 138 Å². The minimum Gasteiger partial charge on any atom is -0.340 e. The third-order valence-corrected chi connectivity index (χ3v) is 5.43. The minimum absolute atomic E-state index is 0.0710. The standard InChI is InChI=1S/C19H26N2O2/c1-13-7-6-9-17(15(13)3)21-12-16(11-18(21)22)19(23)20-10-5-4-8-14(20)2/h6-7,9,14,16H,4-5,8,10-12H2,1-3H3. The largest absolute Gasteiger partial charge is 0.340 e. The molecule has 0 N–H and O–H groups in total. The normalized spacial score (nSPS) is 25.1. The maximum atomic E-state index is 12.8. The molecule has 2 fully saturated rings. The van der Waals surface area contributed by atoms with Gasteiger partial charge in [0.1, 0.15) is 0 Å². The zero-order chi connectivity index (χ0) is 16.6. The molecule has 0 aliphatic carbocycles. The van der Waals surface area contributed by atoms with E-state index < -0.39 is 0 Å². The van der Waals surface area contributed by atoms with E-state index in [0.717, 1.165) is 30.6 Å². The minimum atomic E-state index is -0.192. The van der Waals surface area contributed by atoms with Gasteiger partial charge in [0.25, 0.3) is 0 Å². The Balaban J connectivity index is 1.77. The molecule has 2 aliphatic heterocycles. The molecule has 0 radical (unpaired) electrons. The van der Waals surface area contributed by atoms with Crippen molar-refractivity contribution in [3.63, 3.8) is 0 Å². The Morgan fingerprint density at radius 2 is 2.00 bits per heavy atom. The third-order valence-electron chi connectivity index (χ3n) is 5.43.